The number of aromatic nitrogens is 1. The number of nitrogens with one attached hydrogen (secondary N) is 2. The zero-order valence-electron chi connectivity index (χ0n) is 13.9. The molecular formula is C17H25IN4O. The van der Waals surface area contributed by atoms with Crippen LogP contribution < -0.4 is 10.6 Å². The van der Waals surface area contributed by atoms with Crippen molar-refractivity contribution in [1.29, 1.82) is 0 Å². The van der Waals surface area contributed by atoms with Gasteiger partial charge in [0.15, 0.2) is 5.96 Å². The molecule has 2 aromatic rings. The molecule has 1 aromatic carbocycles. The van der Waals surface area contributed by atoms with Gasteiger partial charge in [0.2, 0.25) is 5.89 Å². The number of oxazole rings is 1. The number of hydrogen-bond donors (Lipinski definition) is 2. The number of benzene rings is 1. The Labute approximate surface area is 155 Å². The van der Waals surface area contributed by atoms with Crippen molar-refractivity contribution in [3.63, 3.8) is 0 Å². The predicted molar refractivity (Wildman–Crippen MR) is 105 cm³/mol. The summed E-state index contributed by atoms with van der Waals surface area (Å²) in [6, 6.07) is 8.17. The van der Waals surface area contributed by atoms with Gasteiger partial charge < -0.3 is 15.1 Å². The largest absolute Gasteiger partial charge is 0.444 e. The first-order chi connectivity index (χ1) is 10.7. The molecule has 0 amide bonds. The van der Waals surface area contributed by atoms with Crippen LogP contribution in [-0.2, 0) is 6.42 Å². The van der Waals surface area contributed by atoms with E-state index >= 15 is 0 Å². The topological polar surface area (TPSA) is 62.5 Å². The summed E-state index contributed by atoms with van der Waals surface area (Å²) in [4.78, 5) is 9.03. The van der Waals surface area contributed by atoms with E-state index in [4.69, 9.17) is 4.42 Å². The Balaban J connectivity index is 0.00000264. The monoisotopic (exact) mass is 428 g/mol. The van der Waals surface area contributed by atoms with Crippen molar-refractivity contribution in [3.05, 3.63) is 41.8 Å². The lowest BCUT2D eigenvalue weighted by atomic mass is 10.1. The molecule has 0 saturated carbocycles. The number of hydrogen-bond acceptors (Lipinski definition) is 3. The van der Waals surface area contributed by atoms with Gasteiger partial charge in [0.25, 0.3) is 0 Å². The molecule has 126 valence electrons. The first-order valence-electron chi connectivity index (χ1n) is 7.76. The Morgan fingerprint density at radius 3 is 2.39 bits per heavy atom. The summed E-state index contributed by atoms with van der Waals surface area (Å²) in [6.45, 7) is 8.56. The normalized spacial score (nSPS) is 9.87. The van der Waals surface area contributed by atoms with Crippen LogP contribution in [0.4, 0.5) is 0 Å². The zero-order chi connectivity index (χ0) is 15.8. The number of rotatable bonds is 6. The van der Waals surface area contributed by atoms with Gasteiger partial charge in [-0.05, 0) is 32.9 Å². The molecule has 1 heterocycles. The smallest absolute Gasteiger partial charge is 0.226 e. The van der Waals surface area contributed by atoms with Gasteiger partial charge >= 0.3 is 0 Å². The third kappa shape index (κ3) is 6.21. The Bertz CT molecular complexity index is 599. The average molecular weight is 428 g/mol. The van der Waals surface area contributed by atoms with E-state index in [1.54, 1.807) is 6.26 Å². The van der Waals surface area contributed by atoms with E-state index in [2.05, 4.69) is 53.5 Å². The number of nitrogens with zero attached hydrogens (tertiary/aromatic N) is 2. The second-order valence-corrected chi connectivity index (χ2v) is 5.05. The predicted octanol–water partition coefficient (Wildman–Crippen LogP) is 3.39. The highest BCUT2D eigenvalue weighted by atomic mass is 127. The van der Waals surface area contributed by atoms with Crippen LogP contribution in [0.2, 0.25) is 0 Å². The molecule has 6 heteroatoms. The van der Waals surface area contributed by atoms with E-state index in [0.29, 0.717) is 12.4 Å². The molecule has 0 radical (unpaired) electrons. The van der Waals surface area contributed by atoms with Crippen LogP contribution in [0.1, 0.15) is 25.1 Å². The van der Waals surface area contributed by atoms with Crippen molar-refractivity contribution < 1.29 is 4.42 Å². The molecule has 5 nitrogen and oxygen atoms in total. The molecule has 2 rings (SSSR count). The fourth-order valence-corrected chi connectivity index (χ4v) is 2.04. The first-order valence-corrected chi connectivity index (χ1v) is 7.76. The lowest BCUT2D eigenvalue weighted by Crippen LogP contribution is -2.37. The highest BCUT2D eigenvalue weighted by Gasteiger charge is 2.06. The summed E-state index contributed by atoms with van der Waals surface area (Å²) < 4.78 is 5.55. The van der Waals surface area contributed by atoms with E-state index in [9.17, 15) is 0 Å². The van der Waals surface area contributed by atoms with Crippen LogP contribution in [0.25, 0.3) is 11.5 Å². The summed E-state index contributed by atoms with van der Waals surface area (Å²) in [7, 11) is 0. The molecule has 0 aliphatic heterocycles. The second-order valence-electron chi connectivity index (χ2n) is 5.05. The van der Waals surface area contributed by atoms with Gasteiger partial charge in [-0.25, -0.2) is 4.98 Å². The summed E-state index contributed by atoms with van der Waals surface area (Å²) in [5.74, 6) is 1.50. The molecule has 0 aliphatic carbocycles. The molecule has 1 aromatic heterocycles. The highest BCUT2D eigenvalue weighted by molar-refractivity contribution is 14.0. The summed E-state index contributed by atoms with van der Waals surface area (Å²) >= 11 is 0. The zero-order valence-corrected chi connectivity index (χ0v) is 16.3. The van der Waals surface area contributed by atoms with Gasteiger partial charge in [0.05, 0.1) is 5.69 Å². The maximum Gasteiger partial charge on any atom is 0.226 e. The van der Waals surface area contributed by atoms with Crippen molar-refractivity contribution in [3.8, 4) is 11.5 Å². The van der Waals surface area contributed by atoms with Gasteiger partial charge in [0, 0.05) is 31.6 Å². The van der Waals surface area contributed by atoms with Crippen LogP contribution in [0.15, 0.2) is 39.9 Å². The van der Waals surface area contributed by atoms with Gasteiger partial charge in [-0.2, -0.15) is 0 Å². The van der Waals surface area contributed by atoms with Gasteiger partial charge in [-0.3, -0.25) is 4.99 Å². The Hall–Kier alpha value is -1.57. The minimum Gasteiger partial charge on any atom is -0.444 e. The molecule has 0 unspecified atom stereocenters. The average Bonchev–Trinajstić information content (AvgIpc) is 2.97. The third-order valence-electron chi connectivity index (χ3n) is 3.18. The van der Waals surface area contributed by atoms with Crippen LogP contribution in [0.5, 0.6) is 0 Å². The van der Waals surface area contributed by atoms with E-state index in [-0.39, 0.29) is 24.0 Å². The van der Waals surface area contributed by atoms with Crippen LogP contribution in [0.3, 0.4) is 0 Å². The molecule has 0 saturated heterocycles. The molecule has 0 fully saturated rings. The standard InChI is InChI=1S/C17H24N4O.HI/c1-4-18-17(19-5-2)20-11-10-15-12-22-16(21-15)14-8-6-13(3)7-9-14;/h6-9,12H,4-5,10-11H2,1-3H3,(H2,18,19,20);1H. The minimum absolute atomic E-state index is 0. The van der Waals surface area contributed by atoms with Crippen molar-refractivity contribution >= 4 is 29.9 Å². The minimum atomic E-state index is 0. The van der Waals surface area contributed by atoms with E-state index in [0.717, 1.165) is 36.7 Å². The number of halogens is 1. The summed E-state index contributed by atoms with van der Waals surface area (Å²) in [5.41, 5.74) is 3.15. The number of aliphatic imine (C=N–C) groups is 1. The van der Waals surface area contributed by atoms with Crippen molar-refractivity contribution in [2.24, 2.45) is 4.99 Å². The molecular weight excluding hydrogens is 403 g/mol. The molecule has 0 spiro atoms. The van der Waals surface area contributed by atoms with Crippen LogP contribution in [-0.4, -0.2) is 30.6 Å². The number of guanidine groups is 1. The first kappa shape index (κ1) is 19.5. The molecule has 2 N–H and O–H groups in total. The summed E-state index contributed by atoms with van der Waals surface area (Å²) in [5, 5.41) is 6.40. The van der Waals surface area contributed by atoms with E-state index in [1.807, 2.05) is 12.1 Å². The lowest BCUT2D eigenvalue weighted by Gasteiger charge is -2.08. The Morgan fingerprint density at radius 1 is 1.13 bits per heavy atom. The quantitative estimate of drug-likeness (QED) is 0.421. The van der Waals surface area contributed by atoms with Crippen molar-refractivity contribution in [2.45, 2.75) is 27.2 Å². The molecule has 23 heavy (non-hydrogen) atoms. The summed E-state index contributed by atoms with van der Waals surface area (Å²) in [6.07, 6.45) is 2.47. The fraction of sp³-hybridized carbons (Fsp3) is 0.412. The third-order valence-corrected chi connectivity index (χ3v) is 3.18. The van der Waals surface area contributed by atoms with Gasteiger partial charge in [0.1, 0.15) is 6.26 Å². The van der Waals surface area contributed by atoms with Crippen LogP contribution in [0, 0.1) is 6.92 Å². The number of aryl methyl sites for hydroxylation is 1. The molecule has 0 bridgehead atoms. The van der Waals surface area contributed by atoms with Crippen LogP contribution >= 0.6 is 24.0 Å². The Kier molecular flexibility index (Phi) is 8.68. The van der Waals surface area contributed by atoms with E-state index in [1.165, 1.54) is 5.56 Å². The van der Waals surface area contributed by atoms with E-state index < -0.39 is 0 Å². The SMILES string of the molecule is CCNC(=NCCc1coc(-c2ccc(C)cc2)n1)NCC.I. The lowest BCUT2D eigenvalue weighted by molar-refractivity contribution is 0.572. The highest BCUT2D eigenvalue weighted by Crippen LogP contribution is 2.19. The second kappa shape index (κ2) is 10.3. The van der Waals surface area contributed by atoms with Gasteiger partial charge in [-0.1, -0.05) is 17.7 Å². The van der Waals surface area contributed by atoms with Gasteiger partial charge in [-0.15, -0.1) is 24.0 Å². The fourth-order valence-electron chi connectivity index (χ4n) is 2.04. The maximum atomic E-state index is 5.55. The van der Waals surface area contributed by atoms with Crippen molar-refractivity contribution in [1.82, 2.24) is 15.6 Å². The molecule has 0 aliphatic rings. The maximum absolute atomic E-state index is 5.55. The molecule has 0 atom stereocenters. The Morgan fingerprint density at radius 2 is 1.78 bits per heavy atom. The van der Waals surface area contributed by atoms with Crippen molar-refractivity contribution in [2.75, 3.05) is 19.6 Å².